The van der Waals surface area contributed by atoms with Gasteiger partial charge in [-0.25, -0.2) is 4.79 Å². The number of rotatable bonds is 2. The minimum atomic E-state index is -0.346. The van der Waals surface area contributed by atoms with E-state index in [1.54, 1.807) is 12.3 Å². The molecular weight excluding hydrogens is 204 g/mol. The van der Waals surface area contributed by atoms with Gasteiger partial charge in [-0.1, -0.05) is 17.7 Å². The Bertz CT molecular complexity index is 504. The second-order valence-electron chi connectivity index (χ2n) is 3.50. The van der Waals surface area contributed by atoms with Crippen LogP contribution in [0.3, 0.4) is 0 Å². The second-order valence-corrected chi connectivity index (χ2v) is 3.50. The molecule has 2 rings (SSSR count). The van der Waals surface area contributed by atoms with Gasteiger partial charge in [0, 0.05) is 11.8 Å². The molecule has 0 fully saturated rings. The highest BCUT2D eigenvalue weighted by Crippen LogP contribution is 2.23. The third kappa shape index (κ3) is 1.82. The highest BCUT2D eigenvalue weighted by Gasteiger charge is 2.14. The molecule has 4 nitrogen and oxygen atoms in total. The van der Waals surface area contributed by atoms with Gasteiger partial charge < -0.3 is 4.74 Å². The molecule has 0 aliphatic rings. The minimum Gasteiger partial charge on any atom is -0.465 e. The Labute approximate surface area is 93.3 Å². The van der Waals surface area contributed by atoms with Crippen molar-refractivity contribution in [3.05, 3.63) is 41.6 Å². The van der Waals surface area contributed by atoms with E-state index in [0.717, 1.165) is 16.8 Å². The fourth-order valence-electron chi connectivity index (χ4n) is 1.57. The van der Waals surface area contributed by atoms with Gasteiger partial charge in [-0.3, -0.25) is 5.10 Å². The summed E-state index contributed by atoms with van der Waals surface area (Å²) in [5, 5.41) is 6.79. The number of nitrogens with zero attached hydrogens (tertiary/aromatic N) is 1. The third-order valence-electron chi connectivity index (χ3n) is 2.36. The summed E-state index contributed by atoms with van der Waals surface area (Å²) < 4.78 is 4.75. The number of carbonyl (C=O) groups is 1. The van der Waals surface area contributed by atoms with Crippen molar-refractivity contribution in [2.45, 2.75) is 6.92 Å². The fourth-order valence-corrected chi connectivity index (χ4v) is 1.57. The molecule has 0 spiro atoms. The summed E-state index contributed by atoms with van der Waals surface area (Å²) in [4.78, 5) is 11.6. The maximum Gasteiger partial charge on any atom is 0.338 e. The molecule has 0 aliphatic carbocycles. The zero-order chi connectivity index (χ0) is 11.5. The lowest BCUT2D eigenvalue weighted by molar-refractivity contribution is 0.0601. The van der Waals surface area contributed by atoms with Gasteiger partial charge in [0.1, 0.15) is 0 Å². The molecule has 16 heavy (non-hydrogen) atoms. The summed E-state index contributed by atoms with van der Waals surface area (Å²) in [6.45, 7) is 1.93. The quantitative estimate of drug-likeness (QED) is 0.783. The van der Waals surface area contributed by atoms with Crippen LogP contribution in [0.4, 0.5) is 0 Å². The number of carbonyl (C=O) groups excluding carboxylic acids is 1. The van der Waals surface area contributed by atoms with Crippen LogP contribution in [0.25, 0.3) is 11.3 Å². The van der Waals surface area contributed by atoms with Crippen LogP contribution in [0, 0.1) is 6.92 Å². The normalized spacial score (nSPS) is 10.1. The average molecular weight is 216 g/mol. The summed E-state index contributed by atoms with van der Waals surface area (Å²) in [6.07, 6.45) is 1.72. The number of esters is 1. The van der Waals surface area contributed by atoms with Crippen LogP contribution in [0.15, 0.2) is 30.5 Å². The molecule has 1 aromatic heterocycles. The van der Waals surface area contributed by atoms with Gasteiger partial charge in [0.25, 0.3) is 0 Å². The van der Waals surface area contributed by atoms with Crippen LogP contribution in [0.1, 0.15) is 15.9 Å². The Morgan fingerprint density at radius 3 is 2.81 bits per heavy atom. The zero-order valence-electron chi connectivity index (χ0n) is 9.15. The summed E-state index contributed by atoms with van der Waals surface area (Å²) >= 11 is 0. The van der Waals surface area contributed by atoms with Gasteiger partial charge in [0.15, 0.2) is 0 Å². The van der Waals surface area contributed by atoms with E-state index < -0.39 is 0 Å². The first kappa shape index (κ1) is 10.4. The third-order valence-corrected chi connectivity index (χ3v) is 2.36. The summed E-state index contributed by atoms with van der Waals surface area (Å²) in [5.74, 6) is -0.346. The predicted octanol–water partition coefficient (Wildman–Crippen LogP) is 2.17. The monoisotopic (exact) mass is 216 g/mol. The van der Waals surface area contributed by atoms with Gasteiger partial charge in [-0.15, -0.1) is 0 Å². The lowest BCUT2D eigenvalue weighted by Crippen LogP contribution is -2.04. The zero-order valence-corrected chi connectivity index (χ0v) is 9.15. The fraction of sp³-hybridized carbons (Fsp3) is 0.167. The van der Waals surface area contributed by atoms with Gasteiger partial charge in [0.05, 0.1) is 18.4 Å². The van der Waals surface area contributed by atoms with Crippen molar-refractivity contribution in [3.63, 3.8) is 0 Å². The van der Waals surface area contributed by atoms with Gasteiger partial charge >= 0.3 is 5.97 Å². The largest absolute Gasteiger partial charge is 0.465 e. The molecule has 1 aromatic carbocycles. The molecule has 0 radical (unpaired) electrons. The molecular formula is C12H12N2O2. The molecule has 1 heterocycles. The standard InChI is InChI=1S/C12H12N2O2/c1-8-3-4-9(11-5-6-13-14-11)10(7-8)12(15)16-2/h3-7H,1-2H3,(H,13,14). The van der Waals surface area contributed by atoms with E-state index in [1.807, 2.05) is 25.1 Å². The summed E-state index contributed by atoms with van der Waals surface area (Å²) in [5.41, 5.74) is 3.06. The predicted molar refractivity (Wildman–Crippen MR) is 60.1 cm³/mol. The number of ether oxygens (including phenoxy) is 1. The first-order chi connectivity index (χ1) is 7.72. The van der Waals surface area contributed by atoms with Crippen molar-refractivity contribution in [2.75, 3.05) is 7.11 Å². The van der Waals surface area contributed by atoms with Crippen LogP contribution in [0.5, 0.6) is 0 Å². The van der Waals surface area contributed by atoms with Crippen LogP contribution in [0.2, 0.25) is 0 Å². The van der Waals surface area contributed by atoms with Gasteiger partial charge in [-0.05, 0) is 19.1 Å². The van der Waals surface area contributed by atoms with Crippen molar-refractivity contribution < 1.29 is 9.53 Å². The van der Waals surface area contributed by atoms with E-state index in [1.165, 1.54) is 7.11 Å². The number of aromatic amines is 1. The molecule has 2 aromatic rings. The molecule has 0 amide bonds. The molecule has 1 N–H and O–H groups in total. The van der Waals surface area contributed by atoms with E-state index in [0.29, 0.717) is 5.56 Å². The number of benzene rings is 1. The van der Waals surface area contributed by atoms with Gasteiger partial charge in [0.2, 0.25) is 0 Å². The van der Waals surface area contributed by atoms with E-state index in [2.05, 4.69) is 10.2 Å². The first-order valence-electron chi connectivity index (χ1n) is 4.91. The Hall–Kier alpha value is -2.10. The number of H-pyrrole nitrogens is 1. The highest BCUT2D eigenvalue weighted by molar-refractivity contribution is 5.96. The average Bonchev–Trinajstić information content (AvgIpc) is 2.81. The molecule has 0 bridgehead atoms. The summed E-state index contributed by atoms with van der Waals surface area (Å²) in [6, 6.07) is 7.43. The van der Waals surface area contributed by atoms with Crippen LogP contribution in [-0.4, -0.2) is 23.3 Å². The first-order valence-corrected chi connectivity index (χ1v) is 4.91. The topological polar surface area (TPSA) is 55.0 Å². The van der Waals surface area contributed by atoms with Crippen LogP contribution in [-0.2, 0) is 4.74 Å². The maximum atomic E-state index is 11.6. The Balaban J connectivity index is 2.57. The van der Waals surface area contributed by atoms with Crippen molar-refractivity contribution in [1.82, 2.24) is 10.2 Å². The maximum absolute atomic E-state index is 11.6. The van der Waals surface area contributed by atoms with Crippen LogP contribution >= 0.6 is 0 Å². The Morgan fingerprint density at radius 1 is 1.38 bits per heavy atom. The van der Waals surface area contributed by atoms with Crippen LogP contribution < -0.4 is 0 Å². The molecule has 0 atom stereocenters. The van der Waals surface area contributed by atoms with Crippen molar-refractivity contribution in [3.8, 4) is 11.3 Å². The number of aryl methyl sites for hydroxylation is 1. The van der Waals surface area contributed by atoms with Crippen molar-refractivity contribution in [1.29, 1.82) is 0 Å². The SMILES string of the molecule is COC(=O)c1cc(C)ccc1-c1cc[nH]n1. The Morgan fingerprint density at radius 2 is 2.19 bits per heavy atom. The van der Waals surface area contributed by atoms with E-state index in [9.17, 15) is 4.79 Å². The Kier molecular flexibility index (Phi) is 2.72. The van der Waals surface area contributed by atoms with E-state index in [4.69, 9.17) is 4.74 Å². The van der Waals surface area contributed by atoms with Gasteiger partial charge in [-0.2, -0.15) is 5.10 Å². The van der Waals surface area contributed by atoms with E-state index >= 15 is 0 Å². The molecule has 0 saturated heterocycles. The van der Waals surface area contributed by atoms with E-state index in [-0.39, 0.29) is 5.97 Å². The lowest BCUT2D eigenvalue weighted by Gasteiger charge is -2.06. The van der Waals surface area contributed by atoms with Crippen molar-refractivity contribution >= 4 is 5.97 Å². The number of hydrogen-bond donors (Lipinski definition) is 1. The molecule has 4 heteroatoms. The highest BCUT2D eigenvalue weighted by atomic mass is 16.5. The number of methoxy groups -OCH3 is 1. The number of hydrogen-bond acceptors (Lipinski definition) is 3. The lowest BCUT2D eigenvalue weighted by atomic mass is 10.0. The summed E-state index contributed by atoms with van der Waals surface area (Å²) in [7, 11) is 1.37. The van der Waals surface area contributed by atoms with Crippen molar-refractivity contribution in [2.24, 2.45) is 0 Å². The smallest absolute Gasteiger partial charge is 0.338 e. The minimum absolute atomic E-state index is 0.346. The number of nitrogens with one attached hydrogen (secondary N) is 1. The molecule has 0 saturated carbocycles. The second kappa shape index (κ2) is 4.18. The molecule has 0 aliphatic heterocycles. The molecule has 82 valence electrons. The molecule has 0 unspecified atom stereocenters. The number of aromatic nitrogens is 2.